The van der Waals surface area contributed by atoms with Gasteiger partial charge in [-0.1, -0.05) is 11.4 Å². The summed E-state index contributed by atoms with van der Waals surface area (Å²) in [5.41, 5.74) is 0.741. The molecule has 1 aromatic rings. The third-order valence-corrected chi connectivity index (χ3v) is 2.96. The van der Waals surface area contributed by atoms with Crippen LogP contribution in [0.3, 0.4) is 0 Å². The van der Waals surface area contributed by atoms with Gasteiger partial charge in [0, 0.05) is 23.6 Å². The fraction of sp³-hybridized carbons (Fsp3) is 0.500. The van der Waals surface area contributed by atoms with E-state index in [9.17, 15) is 9.59 Å². The lowest BCUT2D eigenvalue weighted by atomic mass is 9.85. The van der Waals surface area contributed by atoms with Crippen molar-refractivity contribution in [1.29, 1.82) is 0 Å². The normalized spacial score (nSPS) is 27.5. The van der Waals surface area contributed by atoms with Crippen molar-refractivity contribution in [1.82, 2.24) is 14.9 Å². The molecule has 0 saturated carbocycles. The van der Waals surface area contributed by atoms with Crippen molar-refractivity contribution < 1.29 is 9.59 Å². The number of carbonyl (C=O) groups is 2. The maximum Gasteiger partial charge on any atom is 0.230 e. The molecule has 2 atom stereocenters. The number of aromatic nitrogens is 2. The fourth-order valence-corrected chi connectivity index (χ4v) is 2.07. The Labute approximate surface area is 84.7 Å². The van der Waals surface area contributed by atoms with Crippen LogP contribution < -0.4 is 5.32 Å². The van der Waals surface area contributed by atoms with E-state index in [4.69, 9.17) is 0 Å². The van der Waals surface area contributed by atoms with Crippen LogP contribution in [0.2, 0.25) is 0 Å². The number of hydrogen-bond donors (Lipinski definition) is 1. The number of nitrogens with one attached hydrogen (secondary N) is 1. The number of imide groups is 1. The SMILES string of the molecule is CC1C(=O)NC(=O)CC1c1csnn1. The van der Waals surface area contributed by atoms with Crippen molar-refractivity contribution in [3.05, 3.63) is 11.1 Å². The van der Waals surface area contributed by atoms with Gasteiger partial charge in [0.25, 0.3) is 0 Å². The summed E-state index contributed by atoms with van der Waals surface area (Å²) in [5.74, 6) is -0.781. The molecular formula is C8H9N3O2S. The van der Waals surface area contributed by atoms with Gasteiger partial charge in [0.2, 0.25) is 11.8 Å². The predicted molar refractivity (Wildman–Crippen MR) is 49.6 cm³/mol. The summed E-state index contributed by atoms with van der Waals surface area (Å²) in [6, 6.07) is 0. The average molecular weight is 211 g/mol. The molecule has 74 valence electrons. The molecule has 1 fully saturated rings. The van der Waals surface area contributed by atoms with Gasteiger partial charge in [0.05, 0.1) is 5.69 Å². The molecule has 1 saturated heterocycles. The first-order chi connectivity index (χ1) is 6.68. The Morgan fingerprint density at radius 3 is 3.00 bits per heavy atom. The molecule has 2 unspecified atom stereocenters. The molecule has 2 amide bonds. The molecule has 0 aliphatic carbocycles. The second-order valence-electron chi connectivity index (χ2n) is 3.34. The second kappa shape index (κ2) is 3.45. The molecule has 0 spiro atoms. The Bertz CT molecular complexity index is 363. The lowest BCUT2D eigenvalue weighted by molar-refractivity contribution is -0.136. The predicted octanol–water partition coefficient (Wildman–Crippen LogP) is 0.304. The number of carbonyl (C=O) groups excluding carboxylic acids is 2. The number of rotatable bonds is 1. The quantitative estimate of drug-likeness (QED) is 0.678. The van der Waals surface area contributed by atoms with Crippen LogP contribution in [0, 0.1) is 5.92 Å². The first-order valence-electron chi connectivity index (χ1n) is 4.29. The van der Waals surface area contributed by atoms with Crippen molar-refractivity contribution in [2.24, 2.45) is 5.92 Å². The molecule has 14 heavy (non-hydrogen) atoms. The van der Waals surface area contributed by atoms with Gasteiger partial charge in [-0.2, -0.15) is 0 Å². The Morgan fingerprint density at radius 1 is 1.57 bits per heavy atom. The van der Waals surface area contributed by atoms with Gasteiger partial charge < -0.3 is 0 Å². The second-order valence-corrected chi connectivity index (χ2v) is 3.95. The summed E-state index contributed by atoms with van der Waals surface area (Å²) in [7, 11) is 0. The number of piperidine rings is 1. The highest BCUT2D eigenvalue weighted by molar-refractivity contribution is 7.03. The van der Waals surface area contributed by atoms with Gasteiger partial charge in [-0.15, -0.1) is 5.10 Å². The van der Waals surface area contributed by atoms with E-state index in [1.807, 2.05) is 0 Å². The first-order valence-corrected chi connectivity index (χ1v) is 5.13. The van der Waals surface area contributed by atoms with Gasteiger partial charge in [0.15, 0.2) is 0 Å². The zero-order valence-corrected chi connectivity index (χ0v) is 8.37. The van der Waals surface area contributed by atoms with Crippen molar-refractivity contribution in [3.8, 4) is 0 Å². The molecule has 0 bridgehead atoms. The summed E-state index contributed by atoms with van der Waals surface area (Å²) in [4.78, 5) is 22.5. The van der Waals surface area contributed by atoms with E-state index in [2.05, 4.69) is 14.9 Å². The molecule has 2 heterocycles. The number of nitrogens with zero attached hydrogens (tertiary/aromatic N) is 2. The minimum Gasteiger partial charge on any atom is -0.296 e. The van der Waals surface area contributed by atoms with Crippen LogP contribution in [0.25, 0.3) is 0 Å². The van der Waals surface area contributed by atoms with E-state index in [0.29, 0.717) is 6.42 Å². The van der Waals surface area contributed by atoms with E-state index in [0.717, 1.165) is 5.69 Å². The lowest BCUT2D eigenvalue weighted by Crippen LogP contribution is -2.43. The van der Waals surface area contributed by atoms with Crippen LogP contribution in [0.5, 0.6) is 0 Å². The van der Waals surface area contributed by atoms with E-state index in [1.165, 1.54) is 11.5 Å². The molecule has 0 aromatic carbocycles. The maximum absolute atomic E-state index is 11.3. The van der Waals surface area contributed by atoms with E-state index in [-0.39, 0.29) is 23.7 Å². The minimum absolute atomic E-state index is 0.116. The number of hydrogen-bond acceptors (Lipinski definition) is 5. The molecule has 1 aliphatic heterocycles. The molecule has 1 aromatic heterocycles. The average Bonchev–Trinajstić information content (AvgIpc) is 2.63. The molecular weight excluding hydrogens is 202 g/mol. The highest BCUT2D eigenvalue weighted by Crippen LogP contribution is 2.29. The largest absolute Gasteiger partial charge is 0.296 e. The highest BCUT2D eigenvalue weighted by Gasteiger charge is 2.34. The van der Waals surface area contributed by atoms with Crippen LogP contribution in [0.1, 0.15) is 25.0 Å². The molecule has 6 heteroatoms. The summed E-state index contributed by atoms with van der Waals surface area (Å²) in [6.07, 6.45) is 0.318. The van der Waals surface area contributed by atoms with Crippen molar-refractivity contribution in [2.45, 2.75) is 19.3 Å². The molecule has 1 aliphatic rings. The lowest BCUT2D eigenvalue weighted by Gasteiger charge is -2.25. The Balaban J connectivity index is 2.26. The third kappa shape index (κ3) is 1.52. The van der Waals surface area contributed by atoms with E-state index >= 15 is 0 Å². The molecule has 2 rings (SSSR count). The highest BCUT2D eigenvalue weighted by atomic mass is 32.1. The van der Waals surface area contributed by atoms with Crippen LogP contribution >= 0.6 is 11.5 Å². The van der Waals surface area contributed by atoms with Crippen molar-refractivity contribution >= 4 is 23.3 Å². The van der Waals surface area contributed by atoms with E-state index in [1.54, 1.807) is 12.3 Å². The summed E-state index contributed by atoms with van der Waals surface area (Å²) < 4.78 is 3.73. The zero-order valence-electron chi connectivity index (χ0n) is 7.56. The zero-order chi connectivity index (χ0) is 10.1. The smallest absolute Gasteiger partial charge is 0.230 e. The van der Waals surface area contributed by atoms with E-state index < -0.39 is 0 Å². The van der Waals surface area contributed by atoms with Crippen molar-refractivity contribution in [2.75, 3.05) is 0 Å². The molecule has 1 N–H and O–H groups in total. The van der Waals surface area contributed by atoms with Crippen LogP contribution in [0.15, 0.2) is 5.38 Å². The standard InChI is InChI=1S/C8H9N3O2S/c1-4-5(6-3-14-11-10-6)2-7(12)9-8(4)13/h3-5H,2H2,1H3,(H,9,12,13). The molecule has 0 radical (unpaired) electrons. The maximum atomic E-state index is 11.3. The van der Waals surface area contributed by atoms with Gasteiger partial charge >= 0.3 is 0 Å². The van der Waals surface area contributed by atoms with Crippen LogP contribution in [0.4, 0.5) is 0 Å². The van der Waals surface area contributed by atoms with Crippen LogP contribution in [-0.2, 0) is 9.59 Å². The fourth-order valence-electron chi connectivity index (χ4n) is 1.56. The van der Waals surface area contributed by atoms with Crippen molar-refractivity contribution in [3.63, 3.8) is 0 Å². The third-order valence-electron chi connectivity index (χ3n) is 2.44. The minimum atomic E-state index is -0.230. The van der Waals surface area contributed by atoms with Crippen LogP contribution in [-0.4, -0.2) is 21.4 Å². The van der Waals surface area contributed by atoms with Gasteiger partial charge in [0.1, 0.15) is 0 Å². The summed E-state index contributed by atoms with van der Waals surface area (Å²) in [6.45, 7) is 1.80. The Hall–Kier alpha value is -1.30. The molecule has 5 nitrogen and oxygen atoms in total. The van der Waals surface area contributed by atoms with Gasteiger partial charge in [-0.25, -0.2) is 0 Å². The monoisotopic (exact) mass is 211 g/mol. The van der Waals surface area contributed by atoms with Gasteiger partial charge in [-0.3, -0.25) is 14.9 Å². The summed E-state index contributed by atoms with van der Waals surface area (Å²) >= 11 is 1.23. The topological polar surface area (TPSA) is 72.0 Å². The Morgan fingerprint density at radius 2 is 2.36 bits per heavy atom. The first kappa shape index (κ1) is 9.26. The van der Waals surface area contributed by atoms with Gasteiger partial charge in [-0.05, 0) is 11.5 Å². The summed E-state index contributed by atoms with van der Waals surface area (Å²) in [5, 5.41) is 7.98. The number of amides is 2. The Kier molecular flexibility index (Phi) is 2.28.